The number of benzene rings is 1. The lowest BCUT2D eigenvalue weighted by Crippen LogP contribution is -2.23. The van der Waals surface area contributed by atoms with Crippen molar-refractivity contribution in [3.05, 3.63) is 63.2 Å². The summed E-state index contributed by atoms with van der Waals surface area (Å²) in [5, 5.41) is 15.7. The lowest BCUT2D eigenvalue weighted by Gasteiger charge is -2.04. The minimum absolute atomic E-state index is 0.0179. The summed E-state index contributed by atoms with van der Waals surface area (Å²) in [4.78, 5) is 30.7. The molecular formula is C16H14N6O4S. The number of rotatable bonds is 6. The molecule has 0 atom stereocenters. The molecular weight excluding hydrogens is 372 g/mol. The number of nitro groups is 1. The van der Waals surface area contributed by atoms with Gasteiger partial charge in [0.1, 0.15) is 17.0 Å². The molecule has 0 unspecified atom stereocenters. The zero-order chi connectivity index (χ0) is 19.4. The first-order chi connectivity index (χ1) is 12.9. The van der Waals surface area contributed by atoms with Crippen molar-refractivity contribution in [2.45, 2.75) is 6.54 Å². The second kappa shape index (κ2) is 7.66. The second-order valence-electron chi connectivity index (χ2n) is 5.27. The Morgan fingerprint density at radius 1 is 1.30 bits per heavy atom. The zero-order valence-electron chi connectivity index (χ0n) is 13.8. The second-order valence-corrected chi connectivity index (χ2v) is 6.11. The summed E-state index contributed by atoms with van der Waals surface area (Å²) >= 11 is 1.25. The van der Waals surface area contributed by atoms with Gasteiger partial charge in [0, 0.05) is 11.4 Å². The molecule has 0 fully saturated rings. The van der Waals surface area contributed by atoms with Gasteiger partial charge in [-0.3, -0.25) is 14.9 Å². The number of aromatic nitrogens is 1. The molecule has 0 saturated carbocycles. The van der Waals surface area contributed by atoms with Gasteiger partial charge in [0.2, 0.25) is 5.13 Å². The number of nitrogens with two attached hydrogens (primary N) is 2. The highest BCUT2D eigenvalue weighted by Gasteiger charge is 2.19. The number of thiazole rings is 1. The van der Waals surface area contributed by atoms with Crippen LogP contribution >= 0.6 is 11.3 Å². The van der Waals surface area contributed by atoms with Crippen molar-refractivity contribution in [1.82, 2.24) is 10.3 Å². The SMILES string of the molecule is NC(N)=Nc1nc(-c2ccc(CNC(=O)c3ccccc3[N+](=O)[O-])o2)cs1. The highest BCUT2D eigenvalue weighted by Crippen LogP contribution is 2.28. The molecule has 0 bridgehead atoms. The van der Waals surface area contributed by atoms with Gasteiger partial charge in [0.25, 0.3) is 11.6 Å². The van der Waals surface area contributed by atoms with Gasteiger partial charge in [-0.15, -0.1) is 11.3 Å². The van der Waals surface area contributed by atoms with E-state index >= 15 is 0 Å². The number of amides is 1. The third-order valence-electron chi connectivity index (χ3n) is 3.40. The van der Waals surface area contributed by atoms with Crippen molar-refractivity contribution in [3.8, 4) is 11.5 Å². The fraction of sp³-hybridized carbons (Fsp3) is 0.0625. The Balaban J connectivity index is 1.68. The standard InChI is InChI=1S/C16H14N6O4S/c17-15(18)21-16-20-11(8-27-16)13-6-5-9(26-13)7-19-14(23)10-3-1-2-4-12(10)22(24)25/h1-6,8H,7H2,(H,19,23)(H4,17,18,20,21). The summed E-state index contributed by atoms with van der Waals surface area (Å²) in [6, 6.07) is 9.09. The third-order valence-corrected chi connectivity index (χ3v) is 4.13. The van der Waals surface area contributed by atoms with E-state index in [9.17, 15) is 14.9 Å². The Morgan fingerprint density at radius 2 is 2.07 bits per heavy atom. The monoisotopic (exact) mass is 386 g/mol. The van der Waals surface area contributed by atoms with Gasteiger partial charge in [0.05, 0.1) is 11.5 Å². The number of aliphatic imine (C=N–C) groups is 1. The van der Waals surface area contributed by atoms with E-state index in [1.54, 1.807) is 23.6 Å². The number of nitrogens with one attached hydrogen (secondary N) is 1. The fourth-order valence-corrected chi connectivity index (χ4v) is 2.93. The number of hydrogen-bond donors (Lipinski definition) is 3. The predicted molar refractivity (Wildman–Crippen MR) is 99.6 cm³/mol. The first-order valence-electron chi connectivity index (χ1n) is 7.60. The van der Waals surface area contributed by atoms with Gasteiger partial charge in [-0.1, -0.05) is 12.1 Å². The minimum atomic E-state index is -0.601. The van der Waals surface area contributed by atoms with Gasteiger partial charge >= 0.3 is 0 Å². The Kier molecular flexibility index (Phi) is 5.13. The summed E-state index contributed by atoms with van der Waals surface area (Å²) in [5.41, 5.74) is 10.9. The molecule has 138 valence electrons. The smallest absolute Gasteiger partial charge is 0.282 e. The maximum atomic E-state index is 12.2. The van der Waals surface area contributed by atoms with E-state index in [4.69, 9.17) is 15.9 Å². The number of carbonyl (C=O) groups excluding carboxylic acids is 1. The molecule has 3 rings (SSSR count). The summed E-state index contributed by atoms with van der Waals surface area (Å²) in [6.45, 7) is 0.0653. The fourth-order valence-electron chi connectivity index (χ4n) is 2.24. The van der Waals surface area contributed by atoms with E-state index in [1.165, 1.54) is 29.5 Å². The van der Waals surface area contributed by atoms with Gasteiger partial charge in [-0.25, -0.2) is 4.98 Å². The molecule has 0 saturated heterocycles. The number of carbonyl (C=O) groups is 1. The van der Waals surface area contributed by atoms with Crippen LogP contribution in [0.4, 0.5) is 10.8 Å². The maximum absolute atomic E-state index is 12.2. The quantitative estimate of drug-likeness (QED) is 0.253. The van der Waals surface area contributed by atoms with E-state index < -0.39 is 10.8 Å². The molecule has 11 heteroatoms. The molecule has 1 amide bonds. The largest absolute Gasteiger partial charge is 0.458 e. The number of para-hydroxylation sites is 1. The molecule has 3 aromatic rings. The van der Waals surface area contributed by atoms with Crippen LogP contribution in [0.5, 0.6) is 0 Å². The lowest BCUT2D eigenvalue weighted by molar-refractivity contribution is -0.385. The molecule has 2 heterocycles. The first-order valence-corrected chi connectivity index (χ1v) is 8.48. The van der Waals surface area contributed by atoms with Crippen LogP contribution in [0.2, 0.25) is 0 Å². The summed E-state index contributed by atoms with van der Waals surface area (Å²) in [6.07, 6.45) is 0. The predicted octanol–water partition coefficient (Wildman–Crippen LogP) is 2.15. The van der Waals surface area contributed by atoms with E-state index in [2.05, 4.69) is 15.3 Å². The van der Waals surface area contributed by atoms with E-state index in [-0.39, 0.29) is 23.8 Å². The highest BCUT2D eigenvalue weighted by molar-refractivity contribution is 7.13. The topological polar surface area (TPSA) is 163 Å². The van der Waals surface area contributed by atoms with Crippen LogP contribution in [0.3, 0.4) is 0 Å². The van der Waals surface area contributed by atoms with Crippen LogP contribution in [-0.4, -0.2) is 21.8 Å². The number of hydrogen-bond acceptors (Lipinski definition) is 7. The van der Waals surface area contributed by atoms with Crippen LogP contribution in [0.15, 0.2) is 51.2 Å². The van der Waals surface area contributed by atoms with Crippen LogP contribution < -0.4 is 16.8 Å². The van der Waals surface area contributed by atoms with Crippen LogP contribution in [0, 0.1) is 10.1 Å². The molecule has 0 spiro atoms. The Bertz CT molecular complexity index is 1020. The van der Waals surface area contributed by atoms with Crippen LogP contribution in [0.25, 0.3) is 11.5 Å². The van der Waals surface area contributed by atoms with Crippen molar-refractivity contribution in [3.63, 3.8) is 0 Å². The average Bonchev–Trinajstić information content (AvgIpc) is 3.28. The summed E-state index contributed by atoms with van der Waals surface area (Å²) in [5.74, 6) is 0.296. The number of guanidine groups is 1. The van der Waals surface area contributed by atoms with E-state index in [1.807, 2.05) is 0 Å². The molecule has 27 heavy (non-hydrogen) atoms. The molecule has 5 N–H and O–H groups in total. The summed E-state index contributed by atoms with van der Waals surface area (Å²) in [7, 11) is 0. The Morgan fingerprint density at radius 3 is 2.81 bits per heavy atom. The number of nitro benzene ring substituents is 1. The number of nitrogens with zero attached hydrogens (tertiary/aromatic N) is 3. The molecule has 0 aliphatic carbocycles. The van der Waals surface area contributed by atoms with Crippen molar-refractivity contribution < 1.29 is 14.1 Å². The maximum Gasteiger partial charge on any atom is 0.282 e. The van der Waals surface area contributed by atoms with Crippen molar-refractivity contribution in [1.29, 1.82) is 0 Å². The lowest BCUT2D eigenvalue weighted by atomic mass is 10.1. The van der Waals surface area contributed by atoms with Crippen LogP contribution in [-0.2, 0) is 6.54 Å². The van der Waals surface area contributed by atoms with Crippen molar-refractivity contribution in [2.24, 2.45) is 16.5 Å². The van der Waals surface area contributed by atoms with E-state index in [0.29, 0.717) is 22.3 Å². The van der Waals surface area contributed by atoms with Gasteiger partial charge in [0.15, 0.2) is 11.7 Å². The molecule has 0 radical (unpaired) electrons. The zero-order valence-corrected chi connectivity index (χ0v) is 14.6. The van der Waals surface area contributed by atoms with Crippen molar-refractivity contribution >= 4 is 34.0 Å². The van der Waals surface area contributed by atoms with E-state index in [0.717, 1.165) is 0 Å². The number of furan rings is 1. The molecule has 2 aromatic heterocycles. The normalized spacial score (nSPS) is 10.4. The molecule has 0 aliphatic rings. The average molecular weight is 386 g/mol. The minimum Gasteiger partial charge on any atom is -0.458 e. The molecule has 10 nitrogen and oxygen atoms in total. The summed E-state index contributed by atoms with van der Waals surface area (Å²) < 4.78 is 5.64. The van der Waals surface area contributed by atoms with Crippen molar-refractivity contribution in [2.75, 3.05) is 0 Å². The Hall–Kier alpha value is -3.73. The molecule has 0 aliphatic heterocycles. The van der Waals surface area contributed by atoms with Gasteiger partial charge < -0.3 is 21.2 Å². The van der Waals surface area contributed by atoms with Gasteiger partial charge in [-0.2, -0.15) is 4.99 Å². The third kappa shape index (κ3) is 4.27. The first kappa shape index (κ1) is 18.1. The Labute approximate surface area is 156 Å². The van der Waals surface area contributed by atoms with Crippen LogP contribution in [0.1, 0.15) is 16.1 Å². The molecule has 1 aromatic carbocycles. The van der Waals surface area contributed by atoms with Gasteiger partial charge in [-0.05, 0) is 18.2 Å². The highest BCUT2D eigenvalue weighted by atomic mass is 32.1.